The predicted octanol–water partition coefficient (Wildman–Crippen LogP) is 2.02. The average Bonchev–Trinajstić information content (AvgIpc) is 2.44. The van der Waals surface area contributed by atoms with E-state index < -0.39 is 28.4 Å². The lowest BCUT2D eigenvalue weighted by Crippen LogP contribution is -2.30. The first kappa shape index (κ1) is 16.8. The van der Waals surface area contributed by atoms with E-state index in [0.717, 1.165) is 24.6 Å². The fraction of sp³-hybridized carbons (Fsp3) is 0.357. The van der Waals surface area contributed by atoms with E-state index in [1.54, 1.807) is 0 Å². The third-order valence-electron chi connectivity index (χ3n) is 2.74. The highest BCUT2D eigenvalue weighted by Crippen LogP contribution is 2.20. The maximum atomic E-state index is 13.0. The first-order chi connectivity index (χ1) is 9.93. The molecule has 0 bridgehead atoms. The topological polar surface area (TPSA) is 92.5 Å². The molecule has 1 atom stereocenters. The summed E-state index contributed by atoms with van der Waals surface area (Å²) in [6, 6.07) is 3.10. The molecule has 6 nitrogen and oxygen atoms in total. The van der Waals surface area contributed by atoms with Crippen molar-refractivity contribution in [2.24, 2.45) is 0 Å². The molecule has 2 N–H and O–H groups in total. The van der Waals surface area contributed by atoms with Crippen LogP contribution in [0.1, 0.15) is 25.3 Å². The van der Waals surface area contributed by atoms with Crippen molar-refractivity contribution < 1.29 is 19.2 Å². The second-order valence-corrected chi connectivity index (χ2v) is 4.48. The van der Waals surface area contributed by atoms with Gasteiger partial charge in [0.05, 0.1) is 22.7 Å². The van der Waals surface area contributed by atoms with Gasteiger partial charge < -0.3 is 10.4 Å². The Morgan fingerprint density at radius 3 is 2.90 bits per heavy atom. The molecule has 114 valence electrons. The molecule has 0 radical (unpaired) electrons. The molecule has 7 heteroatoms. The molecule has 0 aliphatic carbocycles. The minimum atomic E-state index is -0.717. The molecule has 0 heterocycles. The van der Waals surface area contributed by atoms with Gasteiger partial charge in [0.15, 0.2) is 0 Å². The molecular weight excluding hydrogens is 279 g/mol. The number of halogens is 1. The Morgan fingerprint density at radius 1 is 1.57 bits per heavy atom. The molecule has 0 saturated carbocycles. The number of nitro groups is 1. The van der Waals surface area contributed by atoms with Gasteiger partial charge in [-0.3, -0.25) is 14.9 Å². The van der Waals surface area contributed by atoms with Gasteiger partial charge in [-0.25, -0.2) is 4.39 Å². The van der Waals surface area contributed by atoms with Crippen LogP contribution in [0.25, 0.3) is 6.08 Å². The number of aliphatic hydroxyl groups is 1. The Kier molecular flexibility index (Phi) is 6.48. The van der Waals surface area contributed by atoms with E-state index in [4.69, 9.17) is 0 Å². The molecule has 1 rings (SSSR count). The van der Waals surface area contributed by atoms with Crippen molar-refractivity contribution in [1.82, 2.24) is 5.32 Å². The molecule has 0 spiro atoms. The zero-order valence-electron chi connectivity index (χ0n) is 11.6. The smallest absolute Gasteiger partial charge is 0.279 e. The number of hydrogen-bond acceptors (Lipinski definition) is 4. The minimum absolute atomic E-state index is 0.114. The van der Waals surface area contributed by atoms with Gasteiger partial charge in [-0.05, 0) is 24.6 Å². The van der Waals surface area contributed by atoms with Gasteiger partial charge in [-0.1, -0.05) is 13.3 Å². The maximum Gasteiger partial charge on any atom is 0.279 e. The number of nitrogens with one attached hydrogen (secondary N) is 1. The Bertz CT molecular complexity index is 546. The maximum absolute atomic E-state index is 13.0. The highest BCUT2D eigenvalue weighted by Gasteiger charge is 2.13. The summed E-state index contributed by atoms with van der Waals surface area (Å²) in [6.07, 6.45) is 3.10. The summed E-state index contributed by atoms with van der Waals surface area (Å²) in [5.41, 5.74) is -0.282. The number of carbonyl (C=O) groups is 1. The average molecular weight is 296 g/mol. The molecule has 1 aromatic rings. The summed E-state index contributed by atoms with van der Waals surface area (Å²) in [6.45, 7) is 2.03. The van der Waals surface area contributed by atoms with Crippen molar-refractivity contribution in [2.75, 3.05) is 6.54 Å². The second-order valence-electron chi connectivity index (χ2n) is 4.48. The van der Waals surface area contributed by atoms with E-state index in [9.17, 15) is 24.4 Å². The fourth-order valence-electron chi connectivity index (χ4n) is 1.69. The third kappa shape index (κ3) is 5.70. The summed E-state index contributed by atoms with van der Waals surface area (Å²) in [5, 5.41) is 22.7. The van der Waals surface area contributed by atoms with Crippen LogP contribution in [0.4, 0.5) is 10.1 Å². The number of nitrogens with zero attached hydrogens (tertiary/aromatic N) is 1. The van der Waals surface area contributed by atoms with Gasteiger partial charge in [0, 0.05) is 12.6 Å². The summed E-state index contributed by atoms with van der Waals surface area (Å²) >= 11 is 0. The lowest BCUT2D eigenvalue weighted by molar-refractivity contribution is -0.385. The van der Waals surface area contributed by atoms with Gasteiger partial charge in [0.1, 0.15) is 5.82 Å². The van der Waals surface area contributed by atoms with E-state index in [0.29, 0.717) is 6.42 Å². The van der Waals surface area contributed by atoms with Crippen LogP contribution in [0.2, 0.25) is 0 Å². The Labute approximate surface area is 121 Å². The molecule has 1 aromatic carbocycles. The molecule has 0 saturated heterocycles. The third-order valence-corrected chi connectivity index (χ3v) is 2.74. The van der Waals surface area contributed by atoms with Gasteiger partial charge in [-0.2, -0.15) is 0 Å². The van der Waals surface area contributed by atoms with E-state index in [2.05, 4.69) is 5.32 Å². The number of rotatable bonds is 7. The van der Waals surface area contributed by atoms with Gasteiger partial charge >= 0.3 is 0 Å². The lowest BCUT2D eigenvalue weighted by Gasteiger charge is -2.08. The standard InChI is InChI=1S/C14H17FN2O4/c1-2-3-12(18)9-16-14(19)7-5-10-4-6-11(15)8-13(10)17(20)21/h4-8,12,18H,2-3,9H2,1H3,(H,16,19)/b7-5+. The van der Waals surface area contributed by atoms with Gasteiger partial charge in [0.25, 0.3) is 5.69 Å². The quantitative estimate of drug-likeness (QED) is 0.457. The summed E-state index contributed by atoms with van der Waals surface area (Å²) in [4.78, 5) is 21.6. The fourth-order valence-corrected chi connectivity index (χ4v) is 1.69. The van der Waals surface area contributed by atoms with Crippen molar-refractivity contribution in [2.45, 2.75) is 25.9 Å². The van der Waals surface area contributed by atoms with Crippen LogP contribution in [-0.4, -0.2) is 28.6 Å². The lowest BCUT2D eigenvalue weighted by atomic mass is 10.1. The Morgan fingerprint density at radius 2 is 2.29 bits per heavy atom. The van der Waals surface area contributed by atoms with Crippen molar-refractivity contribution >= 4 is 17.7 Å². The molecule has 1 amide bonds. The number of amides is 1. The van der Waals surface area contributed by atoms with Gasteiger partial charge in [-0.15, -0.1) is 0 Å². The molecule has 0 fully saturated rings. The zero-order valence-corrected chi connectivity index (χ0v) is 11.6. The Hall–Kier alpha value is -2.28. The second kappa shape index (κ2) is 8.11. The van der Waals surface area contributed by atoms with Crippen molar-refractivity contribution in [1.29, 1.82) is 0 Å². The SMILES string of the molecule is CCCC(O)CNC(=O)/C=C/c1ccc(F)cc1[N+](=O)[O-]. The number of carbonyl (C=O) groups excluding carboxylic acids is 1. The first-order valence-corrected chi connectivity index (χ1v) is 6.52. The zero-order chi connectivity index (χ0) is 15.8. The van der Waals surface area contributed by atoms with Crippen LogP contribution >= 0.6 is 0 Å². The summed E-state index contributed by atoms with van der Waals surface area (Å²) in [5.74, 6) is -1.20. The molecule has 0 aliphatic heterocycles. The number of benzene rings is 1. The van der Waals surface area contributed by atoms with Crippen molar-refractivity contribution in [3.63, 3.8) is 0 Å². The van der Waals surface area contributed by atoms with Crippen LogP contribution in [0, 0.1) is 15.9 Å². The van der Waals surface area contributed by atoms with Crippen LogP contribution in [-0.2, 0) is 4.79 Å². The van der Waals surface area contributed by atoms with Crippen LogP contribution in [0.15, 0.2) is 24.3 Å². The molecule has 0 aliphatic rings. The Balaban J connectivity index is 2.68. The monoisotopic (exact) mass is 296 g/mol. The molecule has 1 unspecified atom stereocenters. The van der Waals surface area contributed by atoms with Crippen LogP contribution in [0.5, 0.6) is 0 Å². The molecule has 0 aromatic heterocycles. The van der Waals surface area contributed by atoms with E-state index >= 15 is 0 Å². The summed E-state index contributed by atoms with van der Waals surface area (Å²) in [7, 11) is 0. The normalized spacial score (nSPS) is 12.3. The van der Waals surface area contributed by atoms with Crippen LogP contribution in [0.3, 0.4) is 0 Å². The largest absolute Gasteiger partial charge is 0.391 e. The predicted molar refractivity (Wildman–Crippen MR) is 76.0 cm³/mol. The van der Waals surface area contributed by atoms with E-state index in [1.165, 1.54) is 12.1 Å². The van der Waals surface area contributed by atoms with Crippen LogP contribution < -0.4 is 5.32 Å². The number of hydrogen-bond donors (Lipinski definition) is 2. The highest BCUT2D eigenvalue weighted by atomic mass is 19.1. The minimum Gasteiger partial charge on any atom is -0.391 e. The first-order valence-electron chi connectivity index (χ1n) is 6.52. The molecular formula is C14H17FN2O4. The van der Waals surface area contributed by atoms with E-state index in [1.807, 2.05) is 6.92 Å². The van der Waals surface area contributed by atoms with E-state index in [-0.39, 0.29) is 12.1 Å². The molecule has 21 heavy (non-hydrogen) atoms. The summed E-state index contributed by atoms with van der Waals surface area (Å²) < 4.78 is 13.0. The number of aliphatic hydroxyl groups excluding tert-OH is 1. The number of nitro benzene ring substituents is 1. The van der Waals surface area contributed by atoms with Gasteiger partial charge in [0.2, 0.25) is 5.91 Å². The van der Waals surface area contributed by atoms with Crippen molar-refractivity contribution in [3.05, 3.63) is 45.8 Å². The highest BCUT2D eigenvalue weighted by molar-refractivity contribution is 5.92. The van der Waals surface area contributed by atoms with Crippen molar-refractivity contribution in [3.8, 4) is 0 Å².